The Morgan fingerprint density at radius 2 is 1.58 bits per heavy atom. The van der Waals surface area contributed by atoms with Crippen LogP contribution in [0.2, 0.25) is 0 Å². The quantitative estimate of drug-likeness (QED) is 0.526. The Morgan fingerprint density at radius 3 is 2.24 bits per heavy atom. The van der Waals surface area contributed by atoms with E-state index in [0.717, 1.165) is 30.2 Å². The second kappa shape index (κ2) is 9.27. The van der Waals surface area contributed by atoms with Gasteiger partial charge in [-0.1, -0.05) is 0 Å². The second-order valence-corrected chi connectivity index (χ2v) is 9.83. The molecular weight excluding hydrogens is 438 g/mol. The summed E-state index contributed by atoms with van der Waals surface area (Å²) in [5.41, 5.74) is 2.74. The molecule has 3 aromatic rings. The third-order valence-electron chi connectivity index (χ3n) is 5.86. The highest BCUT2D eigenvalue weighted by atomic mass is 32.2. The Bertz CT molecular complexity index is 1250. The Balaban J connectivity index is 1.49. The summed E-state index contributed by atoms with van der Waals surface area (Å²) in [6.45, 7) is 7.53. The molecule has 1 aliphatic rings. The Hall–Kier alpha value is -3.33. The summed E-state index contributed by atoms with van der Waals surface area (Å²) in [5, 5.41) is 3.29. The minimum atomic E-state index is -3.74. The maximum absolute atomic E-state index is 13.0. The molecule has 0 radical (unpaired) electrons. The predicted molar refractivity (Wildman–Crippen MR) is 131 cm³/mol. The number of anilines is 4. The van der Waals surface area contributed by atoms with Crippen molar-refractivity contribution in [2.75, 3.05) is 35.1 Å². The fourth-order valence-electron chi connectivity index (χ4n) is 3.99. The zero-order valence-corrected chi connectivity index (χ0v) is 20.2. The molecular formula is C24H29N5O3S. The molecule has 0 saturated carbocycles. The van der Waals surface area contributed by atoms with Gasteiger partial charge in [0.25, 0.3) is 10.0 Å². The molecule has 2 N–H and O–H groups in total. The van der Waals surface area contributed by atoms with Gasteiger partial charge in [-0.25, -0.2) is 18.4 Å². The molecule has 0 bridgehead atoms. The van der Waals surface area contributed by atoms with Gasteiger partial charge >= 0.3 is 0 Å². The molecule has 1 aliphatic heterocycles. The first kappa shape index (κ1) is 22.8. The van der Waals surface area contributed by atoms with Crippen LogP contribution in [0.5, 0.6) is 5.75 Å². The predicted octanol–water partition coefficient (Wildman–Crippen LogP) is 4.56. The van der Waals surface area contributed by atoms with Gasteiger partial charge in [-0.15, -0.1) is 0 Å². The lowest BCUT2D eigenvalue weighted by Crippen LogP contribution is -2.19. The molecule has 0 aliphatic carbocycles. The number of aromatic nitrogens is 2. The number of ether oxygens (including phenoxy) is 1. The van der Waals surface area contributed by atoms with Crippen molar-refractivity contribution in [3.8, 4) is 5.75 Å². The highest BCUT2D eigenvalue weighted by Gasteiger charge is 2.20. The molecule has 8 nitrogen and oxygen atoms in total. The van der Waals surface area contributed by atoms with Gasteiger partial charge in [0.05, 0.1) is 12.0 Å². The Labute approximate surface area is 195 Å². The number of nitrogens with one attached hydrogen (secondary N) is 2. The summed E-state index contributed by atoms with van der Waals surface area (Å²) >= 11 is 0. The lowest BCUT2D eigenvalue weighted by atomic mass is 10.1. The molecule has 1 fully saturated rings. The number of benzene rings is 2. The molecule has 33 heavy (non-hydrogen) atoms. The Morgan fingerprint density at radius 1 is 0.909 bits per heavy atom. The van der Waals surface area contributed by atoms with Crippen molar-refractivity contribution >= 4 is 33.0 Å². The van der Waals surface area contributed by atoms with E-state index in [9.17, 15) is 8.42 Å². The SMILES string of the molecule is COc1ccc(S(=O)(=O)Nc2ccc(Nc3cc(N4CCCC4)nc(C)n3)cc2)c(C)c1C. The lowest BCUT2D eigenvalue weighted by Gasteiger charge is -2.18. The van der Waals surface area contributed by atoms with Gasteiger partial charge in [0.2, 0.25) is 0 Å². The molecule has 0 atom stereocenters. The minimum Gasteiger partial charge on any atom is -0.496 e. The van der Waals surface area contributed by atoms with Crippen LogP contribution in [0.4, 0.5) is 23.0 Å². The van der Waals surface area contributed by atoms with E-state index in [4.69, 9.17) is 4.74 Å². The van der Waals surface area contributed by atoms with Crippen LogP contribution in [0, 0.1) is 20.8 Å². The molecule has 0 unspecified atom stereocenters. The van der Waals surface area contributed by atoms with Crippen LogP contribution in [0.25, 0.3) is 0 Å². The zero-order chi connectivity index (χ0) is 23.6. The van der Waals surface area contributed by atoms with Crippen molar-refractivity contribution in [1.82, 2.24) is 9.97 Å². The van der Waals surface area contributed by atoms with E-state index >= 15 is 0 Å². The number of sulfonamides is 1. The maximum atomic E-state index is 13.0. The number of rotatable bonds is 7. The second-order valence-electron chi connectivity index (χ2n) is 8.18. The first-order chi connectivity index (χ1) is 15.8. The molecule has 174 valence electrons. The third kappa shape index (κ3) is 5.03. The van der Waals surface area contributed by atoms with Crippen LogP contribution in [-0.2, 0) is 10.0 Å². The van der Waals surface area contributed by atoms with Gasteiger partial charge in [0.15, 0.2) is 0 Å². The fraction of sp³-hybridized carbons (Fsp3) is 0.333. The number of hydrogen-bond acceptors (Lipinski definition) is 7. The number of methoxy groups -OCH3 is 1. The highest BCUT2D eigenvalue weighted by molar-refractivity contribution is 7.92. The summed E-state index contributed by atoms with van der Waals surface area (Å²) in [5.74, 6) is 3.00. The van der Waals surface area contributed by atoms with Crippen LogP contribution in [0.15, 0.2) is 47.4 Å². The van der Waals surface area contributed by atoms with Crippen LogP contribution in [0.3, 0.4) is 0 Å². The Kier molecular flexibility index (Phi) is 6.42. The van der Waals surface area contributed by atoms with Crippen molar-refractivity contribution in [3.63, 3.8) is 0 Å². The average molecular weight is 468 g/mol. The zero-order valence-electron chi connectivity index (χ0n) is 19.3. The number of nitrogens with zero attached hydrogens (tertiary/aromatic N) is 3. The van der Waals surface area contributed by atoms with Crippen LogP contribution < -0.4 is 19.7 Å². The normalized spacial score (nSPS) is 13.8. The summed E-state index contributed by atoms with van der Waals surface area (Å²) in [4.78, 5) is 11.5. The summed E-state index contributed by atoms with van der Waals surface area (Å²) < 4.78 is 33.9. The monoisotopic (exact) mass is 467 g/mol. The first-order valence-corrected chi connectivity index (χ1v) is 12.4. The van der Waals surface area contributed by atoms with E-state index < -0.39 is 10.0 Å². The molecule has 2 heterocycles. The molecule has 0 amide bonds. The molecule has 2 aromatic carbocycles. The summed E-state index contributed by atoms with van der Waals surface area (Å²) in [6, 6.07) is 12.3. The van der Waals surface area contributed by atoms with Crippen molar-refractivity contribution in [3.05, 3.63) is 59.4 Å². The van der Waals surface area contributed by atoms with Gasteiger partial charge in [-0.3, -0.25) is 4.72 Å². The average Bonchev–Trinajstić information content (AvgIpc) is 3.31. The van der Waals surface area contributed by atoms with E-state index in [1.54, 1.807) is 38.3 Å². The van der Waals surface area contributed by atoms with E-state index in [0.29, 0.717) is 28.6 Å². The van der Waals surface area contributed by atoms with Crippen molar-refractivity contribution in [1.29, 1.82) is 0 Å². The number of hydrogen-bond donors (Lipinski definition) is 2. The van der Waals surface area contributed by atoms with Crippen molar-refractivity contribution < 1.29 is 13.2 Å². The topological polar surface area (TPSA) is 96.5 Å². The van der Waals surface area contributed by atoms with Crippen LogP contribution in [-0.4, -0.2) is 38.6 Å². The van der Waals surface area contributed by atoms with E-state index in [-0.39, 0.29) is 4.90 Å². The van der Waals surface area contributed by atoms with Crippen molar-refractivity contribution in [2.45, 2.75) is 38.5 Å². The number of aryl methyl sites for hydroxylation is 1. The van der Waals surface area contributed by atoms with Gasteiger partial charge in [-0.05, 0) is 81.1 Å². The standard InChI is InChI=1S/C24H29N5O3S/c1-16-17(2)22(12-11-21(16)32-4)33(30,31)28-20-9-7-19(8-10-20)27-23-15-24(26-18(3)25-23)29-13-5-6-14-29/h7-12,15,28H,5-6,13-14H2,1-4H3,(H,25,26,27). The summed E-state index contributed by atoms with van der Waals surface area (Å²) in [6.07, 6.45) is 2.36. The fourth-order valence-corrected chi connectivity index (χ4v) is 5.35. The summed E-state index contributed by atoms with van der Waals surface area (Å²) in [7, 11) is -2.17. The maximum Gasteiger partial charge on any atom is 0.262 e. The molecule has 1 aromatic heterocycles. The lowest BCUT2D eigenvalue weighted by molar-refractivity contribution is 0.411. The van der Waals surface area contributed by atoms with Crippen LogP contribution >= 0.6 is 0 Å². The van der Waals surface area contributed by atoms with Crippen LogP contribution in [0.1, 0.15) is 29.8 Å². The minimum absolute atomic E-state index is 0.230. The third-order valence-corrected chi connectivity index (χ3v) is 7.39. The van der Waals surface area contributed by atoms with Gasteiger partial charge < -0.3 is 15.0 Å². The van der Waals surface area contributed by atoms with Gasteiger partial charge in [0, 0.05) is 30.5 Å². The van der Waals surface area contributed by atoms with E-state index in [1.807, 2.05) is 32.0 Å². The molecule has 1 saturated heterocycles. The highest BCUT2D eigenvalue weighted by Crippen LogP contribution is 2.29. The van der Waals surface area contributed by atoms with Crippen molar-refractivity contribution in [2.24, 2.45) is 0 Å². The smallest absolute Gasteiger partial charge is 0.262 e. The first-order valence-electron chi connectivity index (χ1n) is 10.9. The molecule has 0 spiro atoms. The van der Waals surface area contributed by atoms with E-state index in [2.05, 4.69) is 24.9 Å². The molecule has 9 heteroatoms. The van der Waals surface area contributed by atoms with E-state index in [1.165, 1.54) is 12.8 Å². The van der Waals surface area contributed by atoms with Gasteiger partial charge in [0.1, 0.15) is 23.2 Å². The van der Waals surface area contributed by atoms with Gasteiger partial charge in [-0.2, -0.15) is 0 Å². The molecule has 4 rings (SSSR count). The largest absolute Gasteiger partial charge is 0.496 e.